The SMILES string of the molecule is CCCCCCCCCC/C=C/CC/C=C/CC/C=C/C(O)C(CO)NC(=O)CC(O)CCCCCCCCCCCCCCCCC/C=C\CCCCCCCCCCCCCCCCCC. The number of carbonyl (C=O) groups excluding carboxylic acids is 1. The molecule has 0 saturated carbocycles. The van der Waals surface area contributed by atoms with Gasteiger partial charge in [-0.2, -0.15) is 0 Å². The van der Waals surface area contributed by atoms with Crippen LogP contribution in [0, 0.1) is 0 Å². The highest BCUT2D eigenvalue weighted by molar-refractivity contribution is 5.76. The number of unbranched alkanes of at least 4 members (excludes halogenated alkanes) is 41. The van der Waals surface area contributed by atoms with E-state index in [1.807, 2.05) is 6.08 Å². The molecule has 0 aromatic rings. The van der Waals surface area contributed by atoms with Crippen LogP contribution in [0.5, 0.6) is 0 Å². The minimum atomic E-state index is -0.961. The molecule has 4 N–H and O–H groups in total. The average molecular weight is 955 g/mol. The number of hydrogen-bond donors (Lipinski definition) is 4. The first-order valence-electron chi connectivity index (χ1n) is 30.4. The Morgan fingerprint density at radius 1 is 0.368 bits per heavy atom. The van der Waals surface area contributed by atoms with Gasteiger partial charge in [0.2, 0.25) is 5.91 Å². The predicted octanol–water partition coefficient (Wildman–Crippen LogP) is 19.2. The first kappa shape index (κ1) is 66.3. The minimum absolute atomic E-state index is 0.00335. The van der Waals surface area contributed by atoms with E-state index in [-0.39, 0.29) is 18.9 Å². The highest BCUT2D eigenvalue weighted by Gasteiger charge is 2.20. The number of rotatable bonds is 56. The average Bonchev–Trinajstić information content (AvgIpc) is 3.33. The van der Waals surface area contributed by atoms with Crippen molar-refractivity contribution in [3.8, 4) is 0 Å². The fourth-order valence-electron chi connectivity index (χ4n) is 9.43. The van der Waals surface area contributed by atoms with E-state index in [2.05, 4.69) is 55.6 Å². The summed E-state index contributed by atoms with van der Waals surface area (Å²) in [5.41, 5.74) is 0. The third-order valence-electron chi connectivity index (χ3n) is 14.1. The zero-order valence-corrected chi connectivity index (χ0v) is 45.7. The van der Waals surface area contributed by atoms with Crippen molar-refractivity contribution in [3.05, 3.63) is 48.6 Å². The van der Waals surface area contributed by atoms with Gasteiger partial charge in [0.25, 0.3) is 0 Å². The van der Waals surface area contributed by atoms with Crippen molar-refractivity contribution < 1.29 is 20.1 Å². The summed E-state index contributed by atoms with van der Waals surface area (Å²) in [4.78, 5) is 12.5. The van der Waals surface area contributed by atoms with Crippen molar-refractivity contribution in [2.75, 3.05) is 6.61 Å². The third kappa shape index (κ3) is 53.7. The molecule has 0 bridgehead atoms. The monoisotopic (exact) mass is 954 g/mol. The maximum Gasteiger partial charge on any atom is 0.222 e. The minimum Gasteiger partial charge on any atom is -0.394 e. The molecule has 5 nitrogen and oxygen atoms in total. The maximum absolute atomic E-state index is 12.5. The normalized spacial score (nSPS) is 13.5. The van der Waals surface area contributed by atoms with Gasteiger partial charge in [0.15, 0.2) is 0 Å². The van der Waals surface area contributed by atoms with Crippen molar-refractivity contribution in [1.82, 2.24) is 5.32 Å². The molecule has 0 saturated heterocycles. The number of aliphatic hydroxyl groups excluding tert-OH is 3. The zero-order chi connectivity index (χ0) is 49.3. The maximum atomic E-state index is 12.5. The highest BCUT2D eigenvalue weighted by atomic mass is 16.3. The van der Waals surface area contributed by atoms with Gasteiger partial charge in [0.1, 0.15) is 0 Å². The van der Waals surface area contributed by atoms with Gasteiger partial charge in [-0.1, -0.05) is 294 Å². The molecule has 3 unspecified atom stereocenters. The Labute approximate surface area is 425 Å². The van der Waals surface area contributed by atoms with Crippen LogP contribution in [0.25, 0.3) is 0 Å². The van der Waals surface area contributed by atoms with Crippen molar-refractivity contribution in [2.45, 2.75) is 340 Å². The van der Waals surface area contributed by atoms with E-state index in [1.165, 1.54) is 257 Å². The molecular formula is C63H119NO4. The lowest BCUT2D eigenvalue weighted by atomic mass is 10.0. The van der Waals surface area contributed by atoms with Crippen LogP contribution in [0.15, 0.2) is 48.6 Å². The summed E-state index contributed by atoms with van der Waals surface area (Å²) in [6, 6.07) is -0.769. The third-order valence-corrected chi connectivity index (χ3v) is 14.1. The Morgan fingerprint density at radius 3 is 0.941 bits per heavy atom. The van der Waals surface area contributed by atoms with Crippen molar-refractivity contribution in [3.63, 3.8) is 0 Å². The fraction of sp³-hybridized carbons (Fsp3) is 0.857. The van der Waals surface area contributed by atoms with Crippen LogP contribution in [0.3, 0.4) is 0 Å². The Balaban J connectivity index is 3.53. The van der Waals surface area contributed by atoms with Gasteiger partial charge in [-0.3, -0.25) is 4.79 Å². The van der Waals surface area contributed by atoms with E-state index in [4.69, 9.17) is 0 Å². The summed E-state index contributed by atoms with van der Waals surface area (Å²) in [7, 11) is 0. The van der Waals surface area contributed by atoms with Gasteiger partial charge in [-0.05, 0) is 70.6 Å². The van der Waals surface area contributed by atoms with E-state index < -0.39 is 18.2 Å². The number of aliphatic hydroxyl groups is 3. The molecule has 0 aliphatic rings. The summed E-state index contributed by atoms with van der Waals surface area (Å²) in [6.45, 7) is 4.22. The second-order valence-electron chi connectivity index (χ2n) is 20.9. The lowest BCUT2D eigenvalue weighted by molar-refractivity contribution is -0.124. The van der Waals surface area contributed by atoms with E-state index >= 15 is 0 Å². The summed E-state index contributed by atoms with van der Waals surface area (Å²) in [5, 5.41) is 33.4. The van der Waals surface area contributed by atoms with Gasteiger partial charge >= 0.3 is 0 Å². The molecule has 5 heteroatoms. The molecule has 0 aliphatic carbocycles. The lowest BCUT2D eigenvalue weighted by Gasteiger charge is -2.21. The summed E-state index contributed by atoms with van der Waals surface area (Å²) < 4.78 is 0. The van der Waals surface area contributed by atoms with Crippen molar-refractivity contribution in [2.24, 2.45) is 0 Å². The Kier molecular flexibility index (Phi) is 56.4. The summed E-state index contributed by atoms with van der Waals surface area (Å²) in [6.07, 6.45) is 77.6. The Bertz CT molecular complexity index is 1100. The molecule has 0 radical (unpaired) electrons. The van der Waals surface area contributed by atoms with Crippen LogP contribution < -0.4 is 5.32 Å². The molecule has 0 spiro atoms. The van der Waals surface area contributed by atoms with Crippen LogP contribution in [-0.4, -0.2) is 46.1 Å². The molecule has 0 rings (SSSR count). The second kappa shape index (κ2) is 57.9. The van der Waals surface area contributed by atoms with Gasteiger partial charge in [-0.25, -0.2) is 0 Å². The van der Waals surface area contributed by atoms with E-state index in [1.54, 1.807) is 6.08 Å². The van der Waals surface area contributed by atoms with Crippen LogP contribution in [0.1, 0.15) is 322 Å². The molecule has 0 fully saturated rings. The second-order valence-corrected chi connectivity index (χ2v) is 20.9. The number of carbonyl (C=O) groups is 1. The number of hydrogen-bond acceptors (Lipinski definition) is 4. The molecule has 68 heavy (non-hydrogen) atoms. The molecule has 0 heterocycles. The highest BCUT2D eigenvalue weighted by Crippen LogP contribution is 2.17. The number of amides is 1. The van der Waals surface area contributed by atoms with Crippen molar-refractivity contribution in [1.29, 1.82) is 0 Å². The Hall–Kier alpha value is -1.69. The van der Waals surface area contributed by atoms with E-state index in [0.29, 0.717) is 6.42 Å². The number of allylic oxidation sites excluding steroid dienone is 7. The Morgan fingerprint density at radius 2 is 0.632 bits per heavy atom. The first-order valence-corrected chi connectivity index (χ1v) is 30.4. The summed E-state index contributed by atoms with van der Waals surface area (Å²) in [5.74, 6) is -0.326. The first-order chi connectivity index (χ1) is 33.5. The molecule has 0 aromatic heterocycles. The number of nitrogens with one attached hydrogen (secondary N) is 1. The van der Waals surface area contributed by atoms with Crippen LogP contribution in [-0.2, 0) is 4.79 Å². The largest absolute Gasteiger partial charge is 0.394 e. The quantitative estimate of drug-likeness (QED) is 0.0361. The van der Waals surface area contributed by atoms with Crippen LogP contribution in [0.4, 0.5) is 0 Å². The molecule has 400 valence electrons. The topological polar surface area (TPSA) is 89.8 Å². The van der Waals surface area contributed by atoms with Crippen LogP contribution >= 0.6 is 0 Å². The smallest absolute Gasteiger partial charge is 0.222 e. The fourth-order valence-corrected chi connectivity index (χ4v) is 9.43. The van der Waals surface area contributed by atoms with Gasteiger partial charge in [0.05, 0.1) is 31.3 Å². The molecule has 0 aliphatic heterocycles. The molecular weight excluding hydrogens is 835 g/mol. The van der Waals surface area contributed by atoms with E-state index in [9.17, 15) is 20.1 Å². The van der Waals surface area contributed by atoms with E-state index in [0.717, 1.165) is 38.5 Å². The standard InChI is InChI=1S/C63H119NO4/c1-3-5-7-9-11-13-15-17-19-21-23-24-25-26-27-28-29-30-31-32-33-34-35-36-37-38-39-40-42-44-46-48-50-52-54-56-60(66)58-63(68)64-61(59-65)62(67)57-55-53-51-49-47-45-43-41-22-20-18-16-14-12-10-8-6-4-2/h22,30-31,41,47,49,55,57,60-62,65-67H,3-21,23-29,32-40,42-46,48,50-54,56,58-59H2,1-2H3,(H,64,68)/b31-30-,41-22+,49-47+,57-55+. The predicted molar refractivity (Wildman–Crippen MR) is 301 cm³/mol. The summed E-state index contributed by atoms with van der Waals surface area (Å²) >= 11 is 0. The van der Waals surface area contributed by atoms with Gasteiger partial charge in [-0.15, -0.1) is 0 Å². The zero-order valence-electron chi connectivity index (χ0n) is 45.7. The van der Waals surface area contributed by atoms with Gasteiger partial charge in [0, 0.05) is 0 Å². The lowest BCUT2D eigenvalue weighted by Crippen LogP contribution is -2.45. The van der Waals surface area contributed by atoms with Gasteiger partial charge < -0.3 is 20.6 Å². The molecule has 0 aromatic carbocycles. The molecule has 1 amide bonds. The molecule has 3 atom stereocenters. The van der Waals surface area contributed by atoms with Crippen molar-refractivity contribution >= 4 is 5.91 Å². The van der Waals surface area contributed by atoms with Crippen LogP contribution in [0.2, 0.25) is 0 Å².